The van der Waals surface area contributed by atoms with E-state index in [1.54, 1.807) is 0 Å². The van der Waals surface area contributed by atoms with Crippen molar-refractivity contribution in [2.75, 3.05) is 20.2 Å². The van der Waals surface area contributed by atoms with Crippen LogP contribution in [0.3, 0.4) is 0 Å². The van der Waals surface area contributed by atoms with Crippen molar-refractivity contribution in [3.05, 3.63) is 12.8 Å². The third-order valence-corrected chi connectivity index (χ3v) is 1.64. The molecular formula is C14H32BN2OS2Y-2. The van der Waals surface area contributed by atoms with Gasteiger partial charge in [-0.1, -0.05) is 47.4 Å². The van der Waals surface area contributed by atoms with Gasteiger partial charge in [0.1, 0.15) is 0 Å². The molecule has 0 aliphatic rings. The minimum absolute atomic E-state index is 0. The summed E-state index contributed by atoms with van der Waals surface area (Å²) in [4.78, 5) is 4.27. The summed E-state index contributed by atoms with van der Waals surface area (Å²) in [6.45, 7) is 17.0. The predicted molar refractivity (Wildman–Crippen MR) is 101 cm³/mol. The molecule has 0 spiro atoms. The molecule has 0 rings (SSSR count). The van der Waals surface area contributed by atoms with Gasteiger partial charge in [-0.25, -0.2) is 0 Å². The molecule has 3 nitrogen and oxygen atoms in total. The minimum atomic E-state index is 0. The zero-order valence-corrected chi connectivity index (χ0v) is 19.3. The number of hydrogen-bond acceptors (Lipinski definition) is 4. The maximum Gasteiger partial charge on any atom is 0.0653 e. The molecule has 0 unspecified atom stereocenters. The van der Waals surface area contributed by atoms with Gasteiger partial charge in [0.15, 0.2) is 0 Å². The Balaban J connectivity index is -0.0000000640. The molecule has 0 heterocycles. The average molecular weight is 408 g/mol. The number of hydrogen-bond donors (Lipinski definition) is 3. The molecule has 0 saturated heterocycles. The second kappa shape index (κ2) is 29.2. The van der Waals surface area contributed by atoms with Crippen LogP contribution in [-0.2, 0) is 37.5 Å². The van der Waals surface area contributed by atoms with Crippen molar-refractivity contribution in [3.63, 3.8) is 0 Å². The average Bonchev–Trinajstić information content (AvgIpc) is 2.41. The molecule has 0 aromatic carbocycles. The Kier molecular flexibility index (Phi) is 46.9. The van der Waals surface area contributed by atoms with Gasteiger partial charge < -0.3 is 27.8 Å². The van der Waals surface area contributed by atoms with Crippen LogP contribution in [0.1, 0.15) is 41.5 Å². The Morgan fingerprint density at radius 2 is 1.76 bits per heavy atom. The quantitative estimate of drug-likeness (QED) is 0.159. The molecule has 0 atom stereocenters. The summed E-state index contributed by atoms with van der Waals surface area (Å²) in [6, 6.07) is 0. The number of thiol groups is 2. The first-order valence-corrected chi connectivity index (χ1v) is 8.23. The zero-order chi connectivity index (χ0) is 17.0. The van der Waals surface area contributed by atoms with Crippen LogP contribution in [0.25, 0.3) is 5.90 Å². The molecule has 0 aliphatic carbocycles. The SMILES string of the molecule is CC.CNCC(C)(C)CO[NH-].SS.[CH2-]C#C[B]C(C)C.[Y]. The molecule has 2 radical (unpaired) electrons. The Morgan fingerprint density at radius 1 is 1.33 bits per heavy atom. The van der Waals surface area contributed by atoms with E-state index in [0.717, 1.165) is 6.54 Å². The van der Waals surface area contributed by atoms with E-state index in [4.69, 9.17) is 5.90 Å². The molecule has 0 aromatic heterocycles. The Bertz CT molecular complexity index is 215. The third kappa shape index (κ3) is 44.9. The topological polar surface area (TPSA) is 45.1 Å². The molecule has 0 fully saturated rings. The summed E-state index contributed by atoms with van der Waals surface area (Å²) in [5, 5.41) is 3.03. The van der Waals surface area contributed by atoms with Crippen LogP contribution in [0.2, 0.25) is 5.82 Å². The van der Waals surface area contributed by atoms with E-state index in [-0.39, 0.29) is 38.1 Å². The summed E-state index contributed by atoms with van der Waals surface area (Å²) in [7, 11) is 3.82. The fourth-order valence-corrected chi connectivity index (χ4v) is 0.951. The van der Waals surface area contributed by atoms with Gasteiger partial charge in [-0.05, 0) is 12.5 Å². The first-order valence-electron chi connectivity index (χ1n) is 6.63. The largest absolute Gasteiger partial charge is 0.549 e. The standard InChI is InChI=1S/C6H9B.C6H15N2O.C2H6.H2S2.Y/c1-4-5-7-6(2)3;1-6(2,4-8-3)5-9-7;2*1-2;/h6H,1H2,2-3H3;7-8H,4-5H2,1-3H3;1-2H3;1-2H;/q2*-1;;;. The Hall–Kier alpha value is 1.18. The molecule has 0 saturated carbocycles. The first kappa shape index (κ1) is 33.7. The number of nitrogens with one attached hydrogen (secondary N) is 2. The fourth-order valence-electron chi connectivity index (χ4n) is 0.951. The summed E-state index contributed by atoms with van der Waals surface area (Å²) in [6.07, 6.45) is 0. The van der Waals surface area contributed by atoms with Gasteiger partial charge in [0, 0.05) is 45.9 Å². The van der Waals surface area contributed by atoms with Crippen LogP contribution >= 0.6 is 23.3 Å². The van der Waals surface area contributed by atoms with E-state index in [1.807, 2.05) is 28.2 Å². The third-order valence-electron chi connectivity index (χ3n) is 1.64. The summed E-state index contributed by atoms with van der Waals surface area (Å²) < 4.78 is 0. The molecule has 2 N–H and O–H groups in total. The second-order valence-electron chi connectivity index (χ2n) is 4.72. The summed E-state index contributed by atoms with van der Waals surface area (Å²) >= 11 is 6.44. The fraction of sp³-hybridized carbons (Fsp3) is 0.786. The van der Waals surface area contributed by atoms with Crippen LogP contribution in [0, 0.1) is 24.1 Å². The molecule has 0 amide bonds. The summed E-state index contributed by atoms with van der Waals surface area (Å²) in [5.41, 5.74) is 0.0799. The molecule has 0 aromatic rings. The molecule has 0 bridgehead atoms. The van der Waals surface area contributed by atoms with Gasteiger partial charge in [0.25, 0.3) is 0 Å². The van der Waals surface area contributed by atoms with Crippen LogP contribution in [0.15, 0.2) is 0 Å². The molecule has 7 heteroatoms. The van der Waals surface area contributed by atoms with Crippen molar-refractivity contribution in [1.82, 2.24) is 5.32 Å². The van der Waals surface area contributed by atoms with Gasteiger partial charge in [0.2, 0.25) is 0 Å². The van der Waals surface area contributed by atoms with Gasteiger partial charge in [-0.3, -0.25) is 0 Å². The van der Waals surface area contributed by atoms with Crippen molar-refractivity contribution in [1.29, 1.82) is 0 Å². The predicted octanol–water partition coefficient (Wildman–Crippen LogP) is 4.31. The van der Waals surface area contributed by atoms with Crippen molar-refractivity contribution in [2.24, 2.45) is 5.41 Å². The van der Waals surface area contributed by atoms with Crippen LogP contribution in [0.4, 0.5) is 0 Å². The second-order valence-corrected chi connectivity index (χ2v) is 4.72. The normalized spacial score (nSPS) is 8.14. The van der Waals surface area contributed by atoms with E-state index in [2.05, 4.69) is 79.8 Å². The minimum Gasteiger partial charge on any atom is -0.549 e. The van der Waals surface area contributed by atoms with E-state index >= 15 is 0 Å². The molecule has 124 valence electrons. The van der Waals surface area contributed by atoms with Gasteiger partial charge in [-0.2, -0.15) is 6.92 Å². The van der Waals surface area contributed by atoms with Crippen molar-refractivity contribution in [2.45, 2.75) is 47.4 Å². The van der Waals surface area contributed by atoms with Gasteiger partial charge >= 0.3 is 0 Å². The molecule has 21 heavy (non-hydrogen) atoms. The monoisotopic (exact) mass is 408 g/mol. The zero-order valence-electron chi connectivity index (χ0n) is 14.7. The van der Waals surface area contributed by atoms with Gasteiger partial charge in [0.05, 0.1) is 7.28 Å². The molecule has 0 aliphatic heterocycles. The van der Waals surface area contributed by atoms with Crippen molar-refractivity contribution >= 4 is 30.6 Å². The van der Waals surface area contributed by atoms with E-state index in [9.17, 15) is 0 Å². The van der Waals surface area contributed by atoms with Crippen LogP contribution in [-0.4, -0.2) is 27.5 Å². The first-order chi connectivity index (χ1) is 9.39. The molecular weight excluding hydrogens is 376 g/mol. The smallest absolute Gasteiger partial charge is 0.0653 e. The van der Waals surface area contributed by atoms with E-state index in [1.165, 1.54) is 0 Å². The van der Waals surface area contributed by atoms with E-state index < -0.39 is 0 Å². The Labute approximate surface area is 170 Å². The van der Waals surface area contributed by atoms with E-state index in [0.29, 0.717) is 12.4 Å². The number of rotatable bonds is 5. The summed E-state index contributed by atoms with van der Waals surface area (Å²) in [5.74, 6) is 12.4. The van der Waals surface area contributed by atoms with Crippen molar-refractivity contribution in [3.8, 4) is 11.7 Å². The van der Waals surface area contributed by atoms with Gasteiger partial charge in [-0.15, -0.1) is 23.3 Å². The van der Waals surface area contributed by atoms with Crippen molar-refractivity contribution < 1.29 is 37.5 Å². The van der Waals surface area contributed by atoms with Crippen LogP contribution < -0.4 is 5.32 Å². The van der Waals surface area contributed by atoms with Crippen LogP contribution in [0.5, 0.6) is 0 Å². The maximum atomic E-state index is 6.51. The maximum absolute atomic E-state index is 6.51. The Morgan fingerprint density at radius 3 is 1.95 bits per heavy atom.